The van der Waals surface area contributed by atoms with Crippen molar-refractivity contribution in [3.8, 4) is 5.75 Å². The molecule has 0 saturated carbocycles. The van der Waals surface area contributed by atoms with Crippen molar-refractivity contribution < 1.29 is 23.5 Å². The minimum atomic E-state index is -0.724. The number of carbonyl (C=O) groups excluding carboxylic acids is 3. The van der Waals surface area contributed by atoms with Gasteiger partial charge in [0.2, 0.25) is 17.7 Å². The summed E-state index contributed by atoms with van der Waals surface area (Å²) in [4.78, 5) is 34.3. The Morgan fingerprint density at radius 1 is 1.48 bits per heavy atom. The van der Waals surface area contributed by atoms with Gasteiger partial charge in [0.25, 0.3) is 0 Å². The predicted molar refractivity (Wildman–Crippen MR) is 71.0 cm³/mol. The van der Waals surface area contributed by atoms with Crippen LogP contribution in [0.1, 0.15) is 18.4 Å². The van der Waals surface area contributed by atoms with Gasteiger partial charge in [0.05, 0.1) is 13.5 Å². The molecule has 0 spiro atoms. The lowest BCUT2D eigenvalue weighted by molar-refractivity contribution is -0.137. The normalized spacial score (nSPS) is 18.1. The molecule has 1 atom stereocenters. The highest BCUT2D eigenvalue weighted by Crippen LogP contribution is 2.18. The van der Waals surface area contributed by atoms with Crippen LogP contribution in [-0.4, -0.2) is 30.9 Å². The smallest absolute Gasteiger partial charge is 0.249 e. The summed E-state index contributed by atoms with van der Waals surface area (Å²) in [5, 5.41) is 4.68. The molecule has 2 rings (SSSR count). The van der Waals surface area contributed by atoms with E-state index in [4.69, 9.17) is 4.74 Å². The molecule has 7 heteroatoms. The van der Waals surface area contributed by atoms with Crippen LogP contribution in [0, 0.1) is 5.82 Å². The van der Waals surface area contributed by atoms with Crippen LogP contribution < -0.4 is 15.4 Å². The van der Waals surface area contributed by atoms with E-state index in [0.29, 0.717) is 5.56 Å². The number of imide groups is 1. The second-order valence-corrected chi connectivity index (χ2v) is 4.72. The minimum Gasteiger partial charge on any atom is -0.494 e. The molecule has 1 saturated heterocycles. The maximum Gasteiger partial charge on any atom is 0.249 e. The first-order valence-electron chi connectivity index (χ1n) is 6.45. The fraction of sp³-hybridized carbons (Fsp3) is 0.357. The van der Waals surface area contributed by atoms with Crippen molar-refractivity contribution in [3.05, 3.63) is 29.6 Å². The largest absolute Gasteiger partial charge is 0.494 e. The van der Waals surface area contributed by atoms with Crippen LogP contribution in [0.4, 0.5) is 4.39 Å². The topological polar surface area (TPSA) is 84.5 Å². The Labute approximate surface area is 120 Å². The summed E-state index contributed by atoms with van der Waals surface area (Å²) in [5.41, 5.74) is 0.470. The molecule has 1 heterocycles. The lowest BCUT2D eigenvalue weighted by Gasteiger charge is -2.21. The Morgan fingerprint density at radius 2 is 2.24 bits per heavy atom. The number of benzene rings is 1. The van der Waals surface area contributed by atoms with E-state index in [0.717, 1.165) is 0 Å². The van der Waals surface area contributed by atoms with Crippen molar-refractivity contribution >= 4 is 17.7 Å². The number of rotatable bonds is 4. The summed E-state index contributed by atoms with van der Waals surface area (Å²) < 4.78 is 18.3. The molecule has 3 amide bonds. The molecular formula is C14H15FN2O4. The third kappa shape index (κ3) is 3.77. The van der Waals surface area contributed by atoms with Crippen molar-refractivity contribution in [2.24, 2.45) is 0 Å². The van der Waals surface area contributed by atoms with Gasteiger partial charge in [-0.15, -0.1) is 0 Å². The van der Waals surface area contributed by atoms with Crippen LogP contribution in [0.15, 0.2) is 18.2 Å². The Bertz CT molecular complexity index is 588. The van der Waals surface area contributed by atoms with E-state index in [1.807, 2.05) is 0 Å². The average molecular weight is 294 g/mol. The van der Waals surface area contributed by atoms with Gasteiger partial charge in [-0.1, -0.05) is 6.07 Å². The summed E-state index contributed by atoms with van der Waals surface area (Å²) in [6, 6.07) is 3.50. The van der Waals surface area contributed by atoms with Crippen molar-refractivity contribution in [3.63, 3.8) is 0 Å². The van der Waals surface area contributed by atoms with Crippen LogP contribution in [0.5, 0.6) is 5.75 Å². The van der Waals surface area contributed by atoms with Gasteiger partial charge in [-0.25, -0.2) is 4.39 Å². The number of hydrogen-bond donors (Lipinski definition) is 2. The number of carbonyl (C=O) groups is 3. The number of halogens is 1. The second kappa shape index (κ2) is 6.34. The van der Waals surface area contributed by atoms with E-state index in [9.17, 15) is 18.8 Å². The lowest BCUT2D eigenvalue weighted by atomic mass is 10.1. The van der Waals surface area contributed by atoms with Crippen LogP contribution in [-0.2, 0) is 20.8 Å². The number of methoxy groups -OCH3 is 1. The number of amides is 3. The molecule has 0 aromatic heterocycles. The molecule has 1 aliphatic rings. The minimum absolute atomic E-state index is 0.0569. The van der Waals surface area contributed by atoms with E-state index < -0.39 is 23.7 Å². The van der Waals surface area contributed by atoms with Crippen LogP contribution >= 0.6 is 0 Å². The monoisotopic (exact) mass is 294 g/mol. The molecule has 1 fully saturated rings. The zero-order valence-electron chi connectivity index (χ0n) is 11.4. The quantitative estimate of drug-likeness (QED) is 0.782. The number of ether oxygens (including phenoxy) is 1. The van der Waals surface area contributed by atoms with Crippen LogP contribution in [0.2, 0.25) is 0 Å². The summed E-state index contributed by atoms with van der Waals surface area (Å²) >= 11 is 0. The zero-order chi connectivity index (χ0) is 15.4. The summed E-state index contributed by atoms with van der Waals surface area (Å²) in [6.07, 6.45) is 0.403. The van der Waals surface area contributed by atoms with Gasteiger partial charge in [0.15, 0.2) is 11.6 Å². The SMILES string of the molecule is COc1ccc(CC(=O)NC2CCC(=O)NC2=O)cc1F. The van der Waals surface area contributed by atoms with Crippen molar-refractivity contribution in [2.75, 3.05) is 7.11 Å². The molecule has 1 aromatic rings. The number of piperidine rings is 1. The Kier molecular flexibility index (Phi) is 4.52. The molecule has 1 aliphatic heterocycles. The van der Waals surface area contributed by atoms with E-state index in [1.165, 1.54) is 19.2 Å². The van der Waals surface area contributed by atoms with E-state index >= 15 is 0 Å². The molecule has 1 aromatic carbocycles. The molecule has 0 radical (unpaired) electrons. The highest BCUT2D eigenvalue weighted by atomic mass is 19.1. The van der Waals surface area contributed by atoms with Gasteiger partial charge in [-0.2, -0.15) is 0 Å². The van der Waals surface area contributed by atoms with Gasteiger partial charge in [-0.05, 0) is 24.1 Å². The fourth-order valence-corrected chi connectivity index (χ4v) is 2.08. The molecule has 6 nitrogen and oxygen atoms in total. The third-order valence-corrected chi connectivity index (χ3v) is 3.16. The van der Waals surface area contributed by atoms with Gasteiger partial charge >= 0.3 is 0 Å². The third-order valence-electron chi connectivity index (χ3n) is 3.16. The van der Waals surface area contributed by atoms with E-state index in [1.54, 1.807) is 6.07 Å². The second-order valence-electron chi connectivity index (χ2n) is 4.72. The first-order chi connectivity index (χ1) is 9.99. The van der Waals surface area contributed by atoms with Crippen molar-refractivity contribution in [1.82, 2.24) is 10.6 Å². The standard InChI is InChI=1S/C14H15FN2O4/c1-21-11-4-2-8(6-9(11)15)7-13(19)16-10-3-5-12(18)17-14(10)20/h2,4,6,10H,3,5,7H2,1H3,(H,16,19)(H,17,18,20). The maximum absolute atomic E-state index is 13.5. The molecule has 0 aliphatic carbocycles. The maximum atomic E-state index is 13.5. The van der Waals surface area contributed by atoms with Gasteiger partial charge in [0, 0.05) is 6.42 Å². The lowest BCUT2D eigenvalue weighted by Crippen LogP contribution is -2.52. The molecule has 2 N–H and O–H groups in total. The zero-order valence-corrected chi connectivity index (χ0v) is 11.4. The molecule has 1 unspecified atom stereocenters. The molecular weight excluding hydrogens is 279 g/mol. The Hall–Kier alpha value is -2.44. The van der Waals surface area contributed by atoms with E-state index in [2.05, 4.69) is 10.6 Å². The van der Waals surface area contributed by atoms with E-state index in [-0.39, 0.29) is 30.9 Å². The summed E-state index contributed by atoms with van der Waals surface area (Å²) in [7, 11) is 1.35. The highest BCUT2D eigenvalue weighted by Gasteiger charge is 2.27. The Balaban J connectivity index is 1.94. The molecule has 21 heavy (non-hydrogen) atoms. The number of hydrogen-bond acceptors (Lipinski definition) is 4. The first-order valence-corrected chi connectivity index (χ1v) is 6.45. The Morgan fingerprint density at radius 3 is 2.86 bits per heavy atom. The first kappa shape index (κ1) is 15.0. The summed E-state index contributed by atoms with van der Waals surface area (Å²) in [5.74, 6) is -1.72. The van der Waals surface area contributed by atoms with Gasteiger partial charge in [0.1, 0.15) is 6.04 Å². The fourth-order valence-electron chi connectivity index (χ4n) is 2.08. The van der Waals surface area contributed by atoms with Crippen molar-refractivity contribution in [1.29, 1.82) is 0 Å². The van der Waals surface area contributed by atoms with Gasteiger partial charge < -0.3 is 10.1 Å². The molecule has 112 valence electrons. The predicted octanol–water partition coefficient (Wildman–Crippen LogP) is 0.298. The summed E-state index contributed by atoms with van der Waals surface area (Å²) in [6.45, 7) is 0. The average Bonchev–Trinajstić information content (AvgIpc) is 2.42. The van der Waals surface area contributed by atoms with Gasteiger partial charge in [-0.3, -0.25) is 19.7 Å². The molecule has 0 bridgehead atoms. The highest BCUT2D eigenvalue weighted by molar-refractivity contribution is 6.01. The van der Waals surface area contributed by atoms with Crippen LogP contribution in [0.3, 0.4) is 0 Å². The van der Waals surface area contributed by atoms with Crippen LogP contribution in [0.25, 0.3) is 0 Å². The van der Waals surface area contributed by atoms with Crippen molar-refractivity contribution in [2.45, 2.75) is 25.3 Å². The number of nitrogens with one attached hydrogen (secondary N) is 2.